The molecule has 0 aromatic heterocycles. The molecule has 0 bridgehead atoms. The molecule has 3 N–H and O–H groups in total. The molecule has 0 radical (unpaired) electrons. The van der Waals surface area contributed by atoms with E-state index >= 15 is 0 Å². The molecule has 262 valence electrons. The number of ether oxygens (including phenoxy) is 3. The van der Waals surface area contributed by atoms with E-state index in [-0.39, 0.29) is 48.8 Å². The SMILES string of the molecule is CC(=O)O[C@@H](C)C(=O)NCc1ccc([C@H]2O[C@@H](CN3[C@@H](C(=O)NC(C)(C)C)CC[C@H]4CCCC[C@H]43)C[C@@H](c3ccc(CO)cc3)O2)cc1. The fraction of sp³-hybridized carbons (Fsp3) is 0.605. The summed E-state index contributed by atoms with van der Waals surface area (Å²) in [6.07, 6.45) is 5.38. The van der Waals surface area contributed by atoms with Crippen molar-refractivity contribution in [2.75, 3.05) is 6.54 Å². The molecule has 1 aliphatic carbocycles. The van der Waals surface area contributed by atoms with Crippen molar-refractivity contribution in [3.63, 3.8) is 0 Å². The number of rotatable bonds is 10. The van der Waals surface area contributed by atoms with Crippen LogP contribution in [0.25, 0.3) is 0 Å². The number of carbonyl (C=O) groups is 3. The fourth-order valence-electron chi connectivity index (χ4n) is 7.42. The minimum absolute atomic E-state index is 0.0227. The van der Waals surface area contributed by atoms with Gasteiger partial charge in [-0.15, -0.1) is 0 Å². The second-order valence-corrected chi connectivity index (χ2v) is 14.7. The second-order valence-electron chi connectivity index (χ2n) is 14.7. The van der Waals surface area contributed by atoms with Crippen LogP contribution in [0, 0.1) is 5.92 Å². The van der Waals surface area contributed by atoms with Crippen molar-refractivity contribution < 1.29 is 33.7 Å². The first-order valence-corrected chi connectivity index (χ1v) is 17.5. The Kier molecular flexibility index (Phi) is 11.9. The molecule has 2 aromatic carbocycles. The third kappa shape index (κ3) is 9.43. The molecule has 5 rings (SSSR count). The number of hydrogen-bond acceptors (Lipinski definition) is 8. The highest BCUT2D eigenvalue weighted by Crippen LogP contribution is 2.42. The van der Waals surface area contributed by atoms with Crippen molar-refractivity contribution >= 4 is 17.8 Å². The summed E-state index contributed by atoms with van der Waals surface area (Å²) in [7, 11) is 0. The predicted molar refractivity (Wildman–Crippen MR) is 181 cm³/mol. The minimum Gasteiger partial charge on any atom is -0.453 e. The number of aliphatic hydroxyl groups excluding tert-OH is 1. The standard InChI is InChI=1S/C38H53N3O7/c1-24(46-25(2)43)35(44)39-21-26-10-16-30(17-11-26)37-47-31(20-34(48-37)29-14-12-27(23-42)13-15-29)22-41-32-9-7-6-8-28(32)18-19-33(41)36(45)40-38(3,4)5/h10-17,24,28,31-34,37,42H,6-9,18-23H2,1-5H3,(H,39,44)(H,40,45)/t24-,28+,31+,32+,33+,34-,37-/m0/s1. The van der Waals surface area contributed by atoms with E-state index in [0.717, 1.165) is 41.5 Å². The number of likely N-dealkylation sites (tertiary alicyclic amines) is 1. The van der Waals surface area contributed by atoms with Gasteiger partial charge in [0.15, 0.2) is 12.4 Å². The number of piperidine rings is 1. The third-order valence-electron chi connectivity index (χ3n) is 9.77. The Morgan fingerprint density at radius 1 is 0.938 bits per heavy atom. The van der Waals surface area contributed by atoms with E-state index in [9.17, 15) is 19.5 Å². The van der Waals surface area contributed by atoms with Crippen molar-refractivity contribution in [3.05, 3.63) is 70.8 Å². The zero-order valence-corrected chi connectivity index (χ0v) is 29.1. The third-order valence-corrected chi connectivity index (χ3v) is 9.77. The number of nitrogens with zero attached hydrogens (tertiary/aromatic N) is 1. The van der Waals surface area contributed by atoms with Crippen molar-refractivity contribution in [3.8, 4) is 0 Å². The summed E-state index contributed by atoms with van der Waals surface area (Å²) >= 11 is 0. The predicted octanol–water partition coefficient (Wildman–Crippen LogP) is 5.23. The molecule has 0 unspecified atom stereocenters. The Balaban J connectivity index is 1.35. The summed E-state index contributed by atoms with van der Waals surface area (Å²) in [6.45, 7) is 9.81. The van der Waals surface area contributed by atoms with E-state index in [2.05, 4.69) is 15.5 Å². The van der Waals surface area contributed by atoms with Gasteiger partial charge in [0, 0.05) is 43.6 Å². The van der Waals surface area contributed by atoms with Gasteiger partial charge in [0.1, 0.15) is 0 Å². The second kappa shape index (κ2) is 15.9. The molecule has 1 saturated carbocycles. The topological polar surface area (TPSA) is 126 Å². The van der Waals surface area contributed by atoms with E-state index in [1.807, 2.05) is 69.3 Å². The smallest absolute Gasteiger partial charge is 0.303 e. The highest BCUT2D eigenvalue weighted by atomic mass is 16.7. The molecule has 10 heteroatoms. The number of amides is 2. The molecule has 2 aromatic rings. The highest BCUT2D eigenvalue weighted by molar-refractivity contribution is 5.83. The van der Waals surface area contributed by atoms with Crippen LogP contribution in [0.5, 0.6) is 0 Å². The van der Waals surface area contributed by atoms with Gasteiger partial charge in [-0.2, -0.15) is 0 Å². The largest absolute Gasteiger partial charge is 0.453 e. The van der Waals surface area contributed by atoms with Gasteiger partial charge in [0.25, 0.3) is 5.91 Å². The monoisotopic (exact) mass is 663 g/mol. The molecule has 2 saturated heterocycles. The first kappa shape index (κ1) is 36.0. The summed E-state index contributed by atoms with van der Waals surface area (Å²) in [5.74, 6) is -0.173. The van der Waals surface area contributed by atoms with Crippen LogP contribution in [0.4, 0.5) is 0 Å². The Hall–Kier alpha value is -3.31. The van der Waals surface area contributed by atoms with Gasteiger partial charge in [-0.25, -0.2) is 0 Å². The molecular formula is C38H53N3O7. The minimum atomic E-state index is -0.867. The molecule has 2 heterocycles. The van der Waals surface area contributed by atoms with Crippen LogP contribution >= 0.6 is 0 Å². The van der Waals surface area contributed by atoms with Crippen molar-refractivity contribution in [1.82, 2.24) is 15.5 Å². The van der Waals surface area contributed by atoms with Crippen LogP contribution in [0.2, 0.25) is 0 Å². The first-order valence-electron chi connectivity index (χ1n) is 17.5. The molecule has 2 amide bonds. The molecule has 48 heavy (non-hydrogen) atoms. The lowest BCUT2D eigenvalue weighted by Gasteiger charge is -2.50. The fourth-order valence-corrected chi connectivity index (χ4v) is 7.42. The van der Waals surface area contributed by atoms with Crippen LogP contribution in [0.15, 0.2) is 48.5 Å². The maximum absolute atomic E-state index is 13.7. The Morgan fingerprint density at radius 3 is 2.27 bits per heavy atom. The number of carbonyl (C=O) groups excluding carboxylic acids is 3. The number of esters is 1. The van der Waals surface area contributed by atoms with Gasteiger partial charge in [-0.3, -0.25) is 19.3 Å². The Morgan fingerprint density at radius 2 is 1.60 bits per heavy atom. The van der Waals surface area contributed by atoms with Crippen LogP contribution in [-0.4, -0.2) is 64.2 Å². The zero-order valence-electron chi connectivity index (χ0n) is 29.1. The summed E-state index contributed by atoms with van der Waals surface area (Å²) in [5.41, 5.74) is 3.29. The van der Waals surface area contributed by atoms with Crippen molar-refractivity contribution in [2.24, 2.45) is 5.92 Å². The van der Waals surface area contributed by atoms with Crippen molar-refractivity contribution in [1.29, 1.82) is 0 Å². The number of fused-ring (bicyclic) bond motifs is 1. The average molecular weight is 664 g/mol. The van der Waals surface area contributed by atoms with Crippen LogP contribution in [0.1, 0.15) is 114 Å². The van der Waals surface area contributed by atoms with E-state index in [0.29, 0.717) is 24.9 Å². The van der Waals surface area contributed by atoms with Gasteiger partial charge < -0.3 is 30.0 Å². The van der Waals surface area contributed by atoms with Gasteiger partial charge in [0.05, 0.1) is 24.9 Å². The summed E-state index contributed by atoms with van der Waals surface area (Å²) < 4.78 is 18.3. The normalized spacial score (nSPS) is 27.0. The van der Waals surface area contributed by atoms with Crippen LogP contribution in [-0.2, 0) is 41.7 Å². The molecule has 0 spiro atoms. The summed E-state index contributed by atoms with van der Waals surface area (Å²) in [4.78, 5) is 39.7. The molecule has 2 aliphatic heterocycles. The Bertz CT molecular complexity index is 1390. The van der Waals surface area contributed by atoms with Crippen LogP contribution < -0.4 is 10.6 Å². The van der Waals surface area contributed by atoms with Gasteiger partial charge in [-0.05, 0) is 76.0 Å². The lowest BCUT2D eigenvalue weighted by atomic mass is 9.75. The quantitative estimate of drug-likeness (QED) is 0.295. The zero-order chi connectivity index (χ0) is 34.4. The first-order chi connectivity index (χ1) is 22.9. The molecule has 3 aliphatic rings. The molecule has 7 atom stereocenters. The number of benzene rings is 2. The van der Waals surface area contributed by atoms with E-state index in [1.165, 1.54) is 26.2 Å². The molecular weight excluding hydrogens is 610 g/mol. The van der Waals surface area contributed by atoms with E-state index in [1.54, 1.807) is 6.92 Å². The van der Waals surface area contributed by atoms with Gasteiger partial charge in [-0.1, -0.05) is 61.4 Å². The van der Waals surface area contributed by atoms with Crippen LogP contribution in [0.3, 0.4) is 0 Å². The lowest BCUT2D eigenvalue weighted by Crippen LogP contribution is -2.61. The number of hydrogen-bond donors (Lipinski definition) is 3. The summed E-state index contributed by atoms with van der Waals surface area (Å²) in [6, 6.07) is 15.8. The number of aliphatic hydroxyl groups is 1. The number of nitrogens with one attached hydrogen (secondary N) is 2. The lowest BCUT2D eigenvalue weighted by molar-refractivity contribution is -0.255. The Labute approximate surface area is 284 Å². The molecule has 10 nitrogen and oxygen atoms in total. The van der Waals surface area contributed by atoms with Gasteiger partial charge >= 0.3 is 5.97 Å². The molecule has 3 fully saturated rings. The summed E-state index contributed by atoms with van der Waals surface area (Å²) in [5, 5.41) is 15.7. The maximum atomic E-state index is 13.7. The van der Waals surface area contributed by atoms with Crippen molar-refractivity contribution in [2.45, 2.75) is 135 Å². The highest BCUT2D eigenvalue weighted by Gasteiger charge is 2.44. The maximum Gasteiger partial charge on any atom is 0.303 e. The van der Waals surface area contributed by atoms with E-state index < -0.39 is 18.4 Å². The van der Waals surface area contributed by atoms with Gasteiger partial charge in [0.2, 0.25) is 5.91 Å². The average Bonchev–Trinajstić information content (AvgIpc) is 3.06. The van der Waals surface area contributed by atoms with E-state index in [4.69, 9.17) is 14.2 Å².